The third-order valence-electron chi connectivity index (χ3n) is 5.78. The van der Waals surface area contributed by atoms with Crippen LogP contribution in [0.5, 0.6) is 5.75 Å². The van der Waals surface area contributed by atoms with E-state index in [9.17, 15) is 23.2 Å². The smallest absolute Gasteiger partial charge is 0.263 e. The summed E-state index contributed by atoms with van der Waals surface area (Å²) in [6, 6.07) is 11.5. The van der Waals surface area contributed by atoms with Crippen LogP contribution in [-0.4, -0.2) is 66.4 Å². The van der Waals surface area contributed by atoms with Gasteiger partial charge in [0.2, 0.25) is 15.9 Å². The lowest BCUT2D eigenvalue weighted by atomic mass is 10.0. The van der Waals surface area contributed by atoms with Crippen LogP contribution in [0.3, 0.4) is 0 Å². The quantitative estimate of drug-likeness (QED) is 0.393. The first-order valence-electron chi connectivity index (χ1n) is 10.4. The molecule has 1 aliphatic heterocycles. The lowest BCUT2D eigenvalue weighted by Gasteiger charge is -2.44. The van der Waals surface area contributed by atoms with Crippen LogP contribution in [0, 0.1) is 6.92 Å². The van der Waals surface area contributed by atoms with Crippen molar-refractivity contribution in [3.8, 4) is 5.75 Å². The van der Waals surface area contributed by atoms with Crippen LogP contribution in [-0.2, 0) is 26.2 Å². The van der Waals surface area contributed by atoms with Crippen molar-refractivity contribution < 1.29 is 28.0 Å². The lowest BCUT2D eigenvalue weighted by Crippen LogP contribution is -2.66. The molecule has 3 rings (SSSR count). The molecule has 0 radical (unpaired) electrons. The molecule has 1 saturated heterocycles. The molecule has 0 spiro atoms. The summed E-state index contributed by atoms with van der Waals surface area (Å²) < 4.78 is 33.4. The number of rotatable bonds is 7. The zero-order valence-corrected chi connectivity index (χ0v) is 19.3. The van der Waals surface area contributed by atoms with Crippen molar-refractivity contribution in [1.29, 1.82) is 0 Å². The second-order valence-corrected chi connectivity index (χ2v) is 9.65. The minimum absolute atomic E-state index is 0.0349. The van der Waals surface area contributed by atoms with Crippen molar-refractivity contribution in [2.75, 3.05) is 19.6 Å². The van der Waals surface area contributed by atoms with E-state index in [1.165, 1.54) is 29.4 Å². The van der Waals surface area contributed by atoms with E-state index in [-0.39, 0.29) is 24.5 Å². The van der Waals surface area contributed by atoms with Gasteiger partial charge in [-0.3, -0.25) is 14.8 Å². The number of benzene rings is 2. The van der Waals surface area contributed by atoms with Crippen LogP contribution in [0.2, 0.25) is 0 Å². The molecule has 2 unspecified atom stereocenters. The molecular formula is C22H28N4O6S. The van der Waals surface area contributed by atoms with Crippen molar-refractivity contribution in [3.05, 3.63) is 59.7 Å². The van der Waals surface area contributed by atoms with E-state index < -0.39 is 33.9 Å². The van der Waals surface area contributed by atoms with Crippen LogP contribution in [0.1, 0.15) is 18.1 Å². The fraction of sp³-hybridized carbons (Fsp3) is 0.364. The summed E-state index contributed by atoms with van der Waals surface area (Å²) in [6.07, 6.45) is 0. The second kappa shape index (κ2) is 10.3. The molecule has 10 nitrogen and oxygen atoms in total. The monoisotopic (exact) mass is 476 g/mol. The Morgan fingerprint density at radius 1 is 1.15 bits per heavy atom. The molecule has 2 aromatic rings. The third-order valence-corrected chi connectivity index (χ3v) is 7.67. The number of aryl methyl sites for hydroxylation is 1. The zero-order chi connectivity index (χ0) is 24.2. The minimum atomic E-state index is -4.11. The summed E-state index contributed by atoms with van der Waals surface area (Å²) in [6.45, 7) is 3.54. The Morgan fingerprint density at radius 2 is 1.82 bits per heavy atom. The third kappa shape index (κ3) is 5.17. The molecule has 1 aliphatic rings. The summed E-state index contributed by atoms with van der Waals surface area (Å²) in [4.78, 5) is 25.8. The Bertz CT molecular complexity index is 1110. The minimum Gasteiger partial charge on any atom is -0.489 e. The number of carbonyl (C=O) groups excluding carboxylic acids is 2. The highest BCUT2D eigenvalue weighted by Gasteiger charge is 2.45. The molecule has 11 heteroatoms. The number of ether oxygens (including phenoxy) is 1. The number of sulfonamides is 1. The van der Waals surface area contributed by atoms with Gasteiger partial charge in [-0.2, -0.15) is 4.31 Å². The zero-order valence-electron chi connectivity index (χ0n) is 18.5. The van der Waals surface area contributed by atoms with Gasteiger partial charge in [0.15, 0.2) is 0 Å². The lowest BCUT2D eigenvalue weighted by molar-refractivity contribution is -0.142. The predicted molar refractivity (Wildman–Crippen MR) is 120 cm³/mol. The molecule has 33 heavy (non-hydrogen) atoms. The predicted octanol–water partition coefficient (Wildman–Crippen LogP) is 0.628. The van der Waals surface area contributed by atoms with Gasteiger partial charge in [-0.15, -0.1) is 0 Å². The van der Waals surface area contributed by atoms with Crippen molar-refractivity contribution in [3.63, 3.8) is 0 Å². The van der Waals surface area contributed by atoms with Crippen molar-refractivity contribution >= 4 is 21.8 Å². The van der Waals surface area contributed by atoms with Gasteiger partial charge in [0.25, 0.3) is 5.91 Å². The molecule has 2 aromatic carbocycles. The first-order chi connectivity index (χ1) is 15.7. The van der Waals surface area contributed by atoms with E-state index in [0.717, 1.165) is 15.4 Å². The number of amides is 2. The number of hydrogen-bond donors (Lipinski definition) is 3. The van der Waals surface area contributed by atoms with Crippen LogP contribution in [0.25, 0.3) is 0 Å². The van der Waals surface area contributed by atoms with Crippen LogP contribution in [0.4, 0.5) is 0 Å². The van der Waals surface area contributed by atoms with Crippen LogP contribution in [0.15, 0.2) is 53.4 Å². The van der Waals surface area contributed by atoms with E-state index in [1.54, 1.807) is 12.1 Å². The normalized spacial score (nSPS) is 19.2. The van der Waals surface area contributed by atoms with Gasteiger partial charge in [-0.25, -0.2) is 13.9 Å². The Labute approximate surface area is 192 Å². The number of hydrogen-bond acceptors (Lipinski definition) is 7. The molecule has 0 saturated carbocycles. The average molecular weight is 477 g/mol. The van der Waals surface area contributed by atoms with Gasteiger partial charge in [0.1, 0.15) is 18.4 Å². The molecular weight excluding hydrogens is 448 g/mol. The van der Waals surface area contributed by atoms with E-state index >= 15 is 0 Å². The van der Waals surface area contributed by atoms with E-state index in [2.05, 4.69) is 0 Å². The van der Waals surface area contributed by atoms with Gasteiger partial charge in [0.05, 0.1) is 17.5 Å². The highest BCUT2D eigenvalue weighted by Crippen LogP contribution is 2.27. The summed E-state index contributed by atoms with van der Waals surface area (Å²) >= 11 is 0. The fourth-order valence-corrected chi connectivity index (χ4v) is 5.53. The highest BCUT2D eigenvalue weighted by atomic mass is 32.2. The molecule has 2 atom stereocenters. The Kier molecular flexibility index (Phi) is 7.69. The maximum Gasteiger partial charge on any atom is 0.263 e. The molecule has 2 amide bonds. The topological polar surface area (TPSA) is 142 Å². The number of hydroxylamine groups is 1. The molecule has 178 valence electrons. The summed E-state index contributed by atoms with van der Waals surface area (Å²) in [5.41, 5.74) is 9.05. The molecule has 4 N–H and O–H groups in total. The van der Waals surface area contributed by atoms with E-state index in [0.29, 0.717) is 12.4 Å². The van der Waals surface area contributed by atoms with Gasteiger partial charge in [-0.05, 0) is 49.2 Å². The summed E-state index contributed by atoms with van der Waals surface area (Å²) in [5, 5.41) is 9.18. The van der Waals surface area contributed by atoms with E-state index in [1.807, 2.05) is 31.2 Å². The molecule has 0 aromatic heterocycles. The van der Waals surface area contributed by atoms with Gasteiger partial charge >= 0.3 is 0 Å². The van der Waals surface area contributed by atoms with Crippen LogP contribution >= 0.6 is 0 Å². The molecule has 0 aliphatic carbocycles. The Balaban J connectivity index is 1.80. The van der Waals surface area contributed by atoms with Crippen molar-refractivity contribution in [2.24, 2.45) is 5.73 Å². The second-order valence-electron chi connectivity index (χ2n) is 7.76. The highest BCUT2D eigenvalue weighted by molar-refractivity contribution is 7.89. The number of piperazine rings is 1. The van der Waals surface area contributed by atoms with Gasteiger partial charge in [0, 0.05) is 13.1 Å². The van der Waals surface area contributed by atoms with Gasteiger partial charge in [-0.1, -0.05) is 24.3 Å². The Hall–Kier alpha value is -2.99. The van der Waals surface area contributed by atoms with Crippen molar-refractivity contribution in [1.82, 2.24) is 14.7 Å². The average Bonchev–Trinajstić information content (AvgIpc) is 2.82. The largest absolute Gasteiger partial charge is 0.489 e. The SMILES string of the molecule is Cc1ccccc1COc1ccc(S(=O)(=O)N2CCN(C(=O)CN)C(C)C2C(=O)NO)cc1. The first-order valence-corrected chi connectivity index (χ1v) is 11.9. The Morgan fingerprint density at radius 3 is 2.42 bits per heavy atom. The fourth-order valence-electron chi connectivity index (χ4n) is 3.89. The number of nitrogens with one attached hydrogen (secondary N) is 1. The molecule has 0 bridgehead atoms. The first kappa shape index (κ1) is 24.6. The number of nitrogens with two attached hydrogens (primary N) is 1. The molecule has 1 heterocycles. The summed E-state index contributed by atoms with van der Waals surface area (Å²) in [7, 11) is -4.11. The van der Waals surface area contributed by atoms with Crippen LogP contribution < -0.4 is 16.0 Å². The maximum atomic E-state index is 13.3. The van der Waals surface area contributed by atoms with Crippen molar-refractivity contribution in [2.45, 2.75) is 37.4 Å². The summed E-state index contributed by atoms with van der Waals surface area (Å²) in [5.74, 6) is -0.849. The standard InChI is InChI=1S/C22H28N4O6S/c1-15-5-3-4-6-17(15)14-32-18-7-9-19(10-8-18)33(30,31)26-12-11-25(20(27)13-23)16(2)21(26)22(28)24-29/h3-10,16,21,29H,11-14,23H2,1-2H3,(H,24,28). The maximum absolute atomic E-state index is 13.3. The number of nitrogens with zero attached hydrogens (tertiary/aromatic N) is 2. The molecule has 1 fully saturated rings. The number of carbonyl (C=O) groups is 2. The van der Waals surface area contributed by atoms with Gasteiger partial charge < -0.3 is 15.4 Å². The van der Waals surface area contributed by atoms with E-state index in [4.69, 9.17) is 10.5 Å².